The molecule has 1 unspecified atom stereocenters. The van der Waals surface area contributed by atoms with Gasteiger partial charge in [0.05, 0.1) is 5.92 Å². The Morgan fingerprint density at radius 2 is 1.87 bits per heavy atom. The molecule has 0 saturated heterocycles. The predicted molar refractivity (Wildman–Crippen MR) is 60.6 cm³/mol. The highest BCUT2D eigenvalue weighted by Crippen LogP contribution is 2.37. The van der Waals surface area contributed by atoms with Crippen LogP contribution in [-0.4, -0.2) is 0 Å². The summed E-state index contributed by atoms with van der Waals surface area (Å²) in [6, 6.07) is 8.15. The largest absolute Gasteiger partial charge is 0.461 e. The van der Waals surface area contributed by atoms with Gasteiger partial charge in [0.25, 0.3) is 0 Å². The summed E-state index contributed by atoms with van der Waals surface area (Å²) in [7, 11) is 0. The van der Waals surface area contributed by atoms with Gasteiger partial charge < -0.3 is 4.74 Å². The van der Waals surface area contributed by atoms with Gasteiger partial charge in [-0.15, -0.1) is 0 Å². The average Bonchev–Trinajstić information content (AvgIpc) is 2.45. The van der Waals surface area contributed by atoms with Crippen molar-refractivity contribution in [2.45, 2.75) is 6.92 Å². The molecule has 3 rings (SSSR count). The zero-order valence-corrected chi connectivity index (χ0v) is 8.60. The Hall–Kier alpha value is -1.76. The summed E-state index contributed by atoms with van der Waals surface area (Å²) >= 11 is 0. The number of ether oxygens (including phenoxy) is 1. The molecule has 15 heavy (non-hydrogen) atoms. The summed E-state index contributed by atoms with van der Waals surface area (Å²) in [5.41, 5.74) is 2.61. The van der Waals surface area contributed by atoms with Crippen LogP contribution in [0.1, 0.15) is 5.56 Å². The lowest BCUT2D eigenvalue weighted by Crippen LogP contribution is -2.11. The van der Waals surface area contributed by atoms with Crippen molar-refractivity contribution in [1.29, 1.82) is 0 Å². The summed E-state index contributed by atoms with van der Waals surface area (Å²) in [6.07, 6.45) is 8.47. The fourth-order valence-electron chi connectivity index (χ4n) is 1.84. The molecule has 1 nitrogen and oxygen atoms in total. The van der Waals surface area contributed by atoms with E-state index in [0.29, 0.717) is 5.92 Å². The molecule has 0 amide bonds. The van der Waals surface area contributed by atoms with Gasteiger partial charge in [-0.05, 0) is 30.7 Å². The maximum absolute atomic E-state index is 5.82. The van der Waals surface area contributed by atoms with Crippen LogP contribution in [0.4, 0.5) is 0 Å². The first-order chi connectivity index (χ1) is 7.33. The Kier molecular flexibility index (Phi) is 1.78. The quantitative estimate of drug-likeness (QED) is 0.704. The lowest BCUT2D eigenvalue weighted by molar-refractivity contribution is 0.389. The second-order valence-electron chi connectivity index (χ2n) is 3.99. The maximum Gasteiger partial charge on any atom is 0.127 e. The minimum Gasteiger partial charge on any atom is -0.461 e. The first-order valence-electron chi connectivity index (χ1n) is 5.17. The number of rotatable bonds is 2. The van der Waals surface area contributed by atoms with Crippen molar-refractivity contribution >= 4 is 0 Å². The van der Waals surface area contributed by atoms with Crippen LogP contribution in [0.2, 0.25) is 0 Å². The van der Waals surface area contributed by atoms with Gasteiger partial charge in [-0.25, -0.2) is 0 Å². The summed E-state index contributed by atoms with van der Waals surface area (Å²) in [5, 5.41) is 0. The molecule has 1 heteroatoms. The normalized spacial score (nSPS) is 21.5. The van der Waals surface area contributed by atoms with Gasteiger partial charge in [-0.1, -0.05) is 35.9 Å². The molecule has 0 saturated carbocycles. The molecule has 2 aliphatic rings. The third-order valence-electron chi connectivity index (χ3n) is 2.84. The monoisotopic (exact) mass is 196 g/mol. The van der Waals surface area contributed by atoms with E-state index in [2.05, 4.69) is 43.4 Å². The Morgan fingerprint density at radius 1 is 1.07 bits per heavy atom. The average molecular weight is 196 g/mol. The lowest BCUT2D eigenvalue weighted by atomic mass is 9.91. The second-order valence-corrected chi connectivity index (χ2v) is 3.99. The molecule has 0 fully saturated rings. The number of hydrogen-bond acceptors (Lipinski definition) is 1. The van der Waals surface area contributed by atoms with Crippen LogP contribution in [0.5, 0.6) is 5.75 Å². The van der Waals surface area contributed by atoms with Crippen molar-refractivity contribution in [2.75, 3.05) is 0 Å². The minimum atomic E-state index is 0.409. The molecule has 1 aromatic rings. The van der Waals surface area contributed by atoms with Gasteiger partial charge >= 0.3 is 0 Å². The fourth-order valence-corrected chi connectivity index (χ4v) is 1.84. The van der Waals surface area contributed by atoms with Crippen molar-refractivity contribution in [3.63, 3.8) is 0 Å². The predicted octanol–water partition coefficient (Wildman–Crippen LogP) is 3.38. The number of allylic oxidation sites excluding steroid dienone is 4. The lowest BCUT2D eigenvalue weighted by Gasteiger charge is -2.20. The van der Waals surface area contributed by atoms with Gasteiger partial charge in [0, 0.05) is 0 Å². The molecule has 0 heterocycles. The number of fused-ring (bicyclic) bond motifs is 1. The SMILES string of the molecule is Cc1ccc(OC2=CC=C3C=CC32)cc1. The summed E-state index contributed by atoms with van der Waals surface area (Å²) in [4.78, 5) is 0. The minimum absolute atomic E-state index is 0.409. The molecule has 2 aliphatic carbocycles. The van der Waals surface area contributed by atoms with Crippen LogP contribution in [0, 0.1) is 12.8 Å². The summed E-state index contributed by atoms with van der Waals surface area (Å²) in [6.45, 7) is 2.08. The van der Waals surface area contributed by atoms with Crippen LogP contribution in [0.25, 0.3) is 0 Å². The van der Waals surface area contributed by atoms with E-state index in [0.717, 1.165) is 11.5 Å². The molecule has 0 bridgehead atoms. The van der Waals surface area contributed by atoms with Crippen LogP contribution in [0.15, 0.2) is 59.9 Å². The molecular formula is C14H12O. The highest BCUT2D eigenvalue weighted by molar-refractivity contribution is 5.50. The smallest absolute Gasteiger partial charge is 0.127 e. The van der Waals surface area contributed by atoms with E-state index in [1.54, 1.807) is 0 Å². The van der Waals surface area contributed by atoms with Gasteiger partial charge in [0.1, 0.15) is 11.5 Å². The van der Waals surface area contributed by atoms with Crippen LogP contribution in [0.3, 0.4) is 0 Å². The Balaban J connectivity index is 1.77. The zero-order chi connectivity index (χ0) is 10.3. The number of benzene rings is 1. The third kappa shape index (κ3) is 1.40. The van der Waals surface area contributed by atoms with E-state index in [1.165, 1.54) is 11.1 Å². The number of hydrogen-bond donors (Lipinski definition) is 0. The number of aryl methyl sites for hydroxylation is 1. The van der Waals surface area contributed by atoms with Gasteiger partial charge in [-0.2, -0.15) is 0 Å². The van der Waals surface area contributed by atoms with Crippen LogP contribution in [-0.2, 0) is 0 Å². The van der Waals surface area contributed by atoms with E-state index in [4.69, 9.17) is 4.74 Å². The van der Waals surface area contributed by atoms with Gasteiger partial charge in [0.15, 0.2) is 0 Å². The molecule has 0 aromatic heterocycles. The van der Waals surface area contributed by atoms with Gasteiger partial charge in [0.2, 0.25) is 0 Å². The fraction of sp³-hybridized carbons (Fsp3) is 0.143. The molecule has 74 valence electrons. The maximum atomic E-state index is 5.82. The Bertz CT molecular complexity index is 475. The molecule has 0 radical (unpaired) electrons. The summed E-state index contributed by atoms with van der Waals surface area (Å²) < 4.78 is 5.82. The van der Waals surface area contributed by atoms with Crippen molar-refractivity contribution < 1.29 is 4.74 Å². The van der Waals surface area contributed by atoms with Crippen molar-refractivity contribution in [3.8, 4) is 5.75 Å². The molecule has 1 atom stereocenters. The Morgan fingerprint density at radius 3 is 2.47 bits per heavy atom. The molecule has 1 aromatic carbocycles. The van der Waals surface area contributed by atoms with E-state index >= 15 is 0 Å². The third-order valence-corrected chi connectivity index (χ3v) is 2.84. The molecule has 0 spiro atoms. The molecule has 0 N–H and O–H groups in total. The zero-order valence-electron chi connectivity index (χ0n) is 8.60. The highest BCUT2D eigenvalue weighted by Gasteiger charge is 2.26. The first kappa shape index (κ1) is 8.54. The van der Waals surface area contributed by atoms with E-state index in [-0.39, 0.29) is 0 Å². The van der Waals surface area contributed by atoms with Crippen molar-refractivity contribution in [3.05, 3.63) is 65.5 Å². The Labute approximate surface area is 89.4 Å². The van der Waals surface area contributed by atoms with E-state index in [9.17, 15) is 0 Å². The van der Waals surface area contributed by atoms with Gasteiger partial charge in [-0.3, -0.25) is 0 Å². The molecule has 0 aliphatic heterocycles. The summed E-state index contributed by atoms with van der Waals surface area (Å²) in [5.74, 6) is 2.37. The second kappa shape index (κ2) is 3.13. The van der Waals surface area contributed by atoms with Crippen molar-refractivity contribution in [2.24, 2.45) is 5.92 Å². The first-order valence-corrected chi connectivity index (χ1v) is 5.17. The van der Waals surface area contributed by atoms with Crippen LogP contribution < -0.4 is 4.74 Å². The van der Waals surface area contributed by atoms with Crippen LogP contribution >= 0.6 is 0 Å². The van der Waals surface area contributed by atoms with Crippen molar-refractivity contribution in [1.82, 2.24) is 0 Å². The topological polar surface area (TPSA) is 9.23 Å². The van der Waals surface area contributed by atoms with E-state index < -0.39 is 0 Å². The highest BCUT2D eigenvalue weighted by atomic mass is 16.5. The van der Waals surface area contributed by atoms with E-state index in [1.807, 2.05) is 12.1 Å². The standard InChI is InChI=1S/C14H12O/c1-10-2-6-12(7-3-10)15-14-9-5-11-4-8-13(11)14/h2-9,13H,1H3. The molecular weight excluding hydrogens is 184 g/mol.